The summed E-state index contributed by atoms with van der Waals surface area (Å²) in [5, 5.41) is 8.61. The molecule has 1 aromatic heterocycles. The highest BCUT2D eigenvalue weighted by molar-refractivity contribution is 5.83. The van der Waals surface area contributed by atoms with Gasteiger partial charge in [-0.25, -0.2) is 9.78 Å². The second kappa shape index (κ2) is 2.69. The van der Waals surface area contributed by atoms with Gasteiger partial charge in [-0.1, -0.05) is 0 Å². The Bertz CT molecular complexity index is 422. The molecule has 0 aliphatic heterocycles. The average molecular weight is 180 g/mol. The SMILES string of the molecule is O=C(O)c1nc2c(c(=O)[nH]1)CCC2. The average Bonchev–Trinajstić information content (AvgIpc) is 2.51. The van der Waals surface area contributed by atoms with Gasteiger partial charge in [-0.2, -0.15) is 0 Å². The zero-order valence-electron chi connectivity index (χ0n) is 6.83. The van der Waals surface area contributed by atoms with Crippen LogP contribution < -0.4 is 5.56 Å². The molecule has 2 rings (SSSR count). The highest BCUT2D eigenvalue weighted by Gasteiger charge is 2.18. The van der Waals surface area contributed by atoms with Crippen LogP contribution in [-0.4, -0.2) is 21.0 Å². The van der Waals surface area contributed by atoms with E-state index in [1.165, 1.54) is 0 Å². The Hall–Kier alpha value is -1.65. The molecule has 1 aliphatic carbocycles. The number of H-pyrrole nitrogens is 1. The highest BCUT2D eigenvalue weighted by Crippen LogP contribution is 2.15. The highest BCUT2D eigenvalue weighted by atomic mass is 16.4. The summed E-state index contributed by atoms with van der Waals surface area (Å²) in [7, 11) is 0. The van der Waals surface area contributed by atoms with E-state index in [0.717, 1.165) is 6.42 Å². The first-order chi connectivity index (χ1) is 6.18. The van der Waals surface area contributed by atoms with Crippen molar-refractivity contribution in [1.82, 2.24) is 9.97 Å². The van der Waals surface area contributed by atoms with E-state index in [9.17, 15) is 9.59 Å². The molecule has 5 heteroatoms. The number of carboxylic acids is 1. The van der Waals surface area contributed by atoms with Crippen molar-refractivity contribution in [2.75, 3.05) is 0 Å². The molecule has 0 aromatic carbocycles. The summed E-state index contributed by atoms with van der Waals surface area (Å²) in [6.07, 6.45) is 2.30. The molecule has 0 spiro atoms. The minimum absolute atomic E-state index is 0.259. The van der Waals surface area contributed by atoms with Crippen molar-refractivity contribution in [3.05, 3.63) is 27.4 Å². The smallest absolute Gasteiger partial charge is 0.372 e. The summed E-state index contributed by atoms with van der Waals surface area (Å²) >= 11 is 0. The number of nitrogens with one attached hydrogen (secondary N) is 1. The fraction of sp³-hybridized carbons (Fsp3) is 0.375. The largest absolute Gasteiger partial charge is 0.475 e. The number of rotatable bonds is 1. The number of fused-ring (bicyclic) bond motifs is 1. The molecule has 0 fully saturated rings. The summed E-state index contributed by atoms with van der Waals surface area (Å²) in [5.74, 6) is -1.45. The third-order valence-electron chi connectivity index (χ3n) is 2.14. The minimum Gasteiger partial charge on any atom is -0.475 e. The van der Waals surface area contributed by atoms with Crippen LogP contribution in [0, 0.1) is 0 Å². The summed E-state index contributed by atoms with van der Waals surface area (Å²) in [4.78, 5) is 27.9. The van der Waals surface area contributed by atoms with Crippen molar-refractivity contribution in [3.8, 4) is 0 Å². The Labute approximate surface area is 73.4 Å². The molecule has 0 saturated heterocycles. The van der Waals surface area contributed by atoms with Gasteiger partial charge in [0.2, 0.25) is 5.82 Å². The number of aryl methyl sites for hydroxylation is 1. The zero-order chi connectivity index (χ0) is 9.42. The lowest BCUT2D eigenvalue weighted by Gasteiger charge is -1.98. The molecule has 1 aromatic rings. The van der Waals surface area contributed by atoms with Crippen molar-refractivity contribution >= 4 is 5.97 Å². The van der Waals surface area contributed by atoms with Gasteiger partial charge in [-0.3, -0.25) is 4.79 Å². The number of aromatic nitrogens is 2. The van der Waals surface area contributed by atoms with Gasteiger partial charge in [0.05, 0.1) is 5.69 Å². The van der Waals surface area contributed by atoms with Gasteiger partial charge in [0.15, 0.2) is 0 Å². The van der Waals surface area contributed by atoms with E-state index < -0.39 is 5.97 Å². The minimum atomic E-state index is -1.19. The fourth-order valence-corrected chi connectivity index (χ4v) is 1.54. The Balaban J connectivity index is 2.62. The van der Waals surface area contributed by atoms with Crippen LogP contribution in [0.1, 0.15) is 28.3 Å². The molecule has 2 N–H and O–H groups in total. The Kier molecular flexibility index (Phi) is 1.65. The summed E-state index contributed by atoms with van der Waals surface area (Å²) in [5.41, 5.74) is 0.978. The van der Waals surface area contributed by atoms with Gasteiger partial charge in [0.1, 0.15) is 0 Å². The molecule has 0 saturated carbocycles. The third-order valence-corrected chi connectivity index (χ3v) is 2.14. The van der Waals surface area contributed by atoms with E-state index in [4.69, 9.17) is 5.11 Å². The first kappa shape index (κ1) is 7.97. The van der Waals surface area contributed by atoms with Crippen molar-refractivity contribution in [3.63, 3.8) is 0 Å². The van der Waals surface area contributed by atoms with Gasteiger partial charge in [-0.15, -0.1) is 0 Å². The van der Waals surface area contributed by atoms with Crippen LogP contribution in [0.4, 0.5) is 0 Å². The standard InChI is InChI=1S/C8H8N2O3/c11-7-4-2-1-3-5(4)9-6(10-7)8(12)13/h1-3H2,(H,12,13)(H,9,10,11). The lowest BCUT2D eigenvalue weighted by atomic mass is 10.2. The van der Waals surface area contributed by atoms with Crippen molar-refractivity contribution in [2.45, 2.75) is 19.3 Å². The van der Waals surface area contributed by atoms with Crippen LogP contribution in [0.2, 0.25) is 0 Å². The predicted molar refractivity (Wildman–Crippen MR) is 43.8 cm³/mol. The molecule has 0 amide bonds. The second-order valence-corrected chi connectivity index (χ2v) is 3.00. The normalized spacial score (nSPS) is 14.2. The van der Waals surface area contributed by atoms with Gasteiger partial charge in [0.25, 0.3) is 5.56 Å². The van der Waals surface area contributed by atoms with Crippen LogP contribution in [0.15, 0.2) is 4.79 Å². The first-order valence-electron chi connectivity index (χ1n) is 4.04. The number of hydrogen-bond donors (Lipinski definition) is 2. The van der Waals surface area contributed by atoms with Crippen molar-refractivity contribution in [1.29, 1.82) is 0 Å². The van der Waals surface area contributed by atoms with E-state index in [-0.39, 0.29) is 11.4 Å². The van der Waals surface area contributed by atoms with E-state index in [2.05, 4.69) is 9.97 Å². The van der Waals surface area contributed by atoms with Gasteiger partial charge < -0.3 is 10.1 Å². The Morgan fingerprint density at radius 3 is 2.92 bits per heavy atom. The molecule has 1 heterocycles. The van der Waals surface area contributed by atoms with Gasteiger partial charge in [-0.05, 0) is 19.3 Å². The van der Waals surface area contributed by atoms with E-state index >= 15 is 0 Å². The lowest BCUT2D eigenvalue weighted by molar-refractivity contribution is 0.0682. The third kappa shape index (κ3) is 1.22. The lowest BCUT2D eigenvalue weighted by Crippen LogP contribution is -2.19. The quantitative estimate of drug-likeness (QED) is 0.635. The van der Waals surface area contributed by atoms with Crippen molar-refractivity contribution in [2.24, 2.45) is 0 Å². The van der Waals surface area contributed by atoms with E-state index in [1.807, 2.05) is 0 Å². The maximum atomic E-state index is 11.3. The van der Waals surface area contributed by atoms with Gasteiger partial charge >= 0.3 is 5.97 Å². The topological polar surface area (TPSA) is 83.0 Å². The molecule has 13 heavy (non-hydrogen) atoms. The molecular formula is C8H8N2O3. The maximum Gasteiger partial charge on any atom is 0.372 e. The molecular weight excluding hydrogens is 172 g/mol. The molecule has 0 unspecified atom stereocenters. The monoisotopic (exact) mass is 180 g/mol. The number of nitrogens with zero attached hydrogens (tertiary/aromatic N) is 1. The van der Waals surface area contributed by atoms with E-state index in [0.29, 0.717) is 24.1 Å². The van der Waals surface area contributed by atoms with Crippen LogP contribution >= 0.6 is 0 Å². The number of carbonyl (C=O) groups is 1. The summed E-state index contributed by atoms with van der Waals surface area (Å²) < 4.78 is 0. The Morgan fingerprint density at radius 1 is 1.46 bits per heavy atom. The molecule has 0 radical (unpaired) electrons. The maximum absolute atomic E-state index is 11.3. The molecule has 0 atom stereocenters. The molecule has 5 nitrogen and oxygen atoms in total. The van der Waals surface area contributed by atoms with Gasteiger partial charge in [0, 0.05) is 5.56 Å². The number of aromatic carboxylic acids is 1. The zero-order valence-corrected chi connectivity index (χ0v) is 6.83. The fourth-order valence-electron chi connectivity index (χ4n) is 1.54. The molecule has 68 valence electrons. The summed E-state index contributed by atoms with van der Waals surface area (Å²) in [6.45, 7) is 0. The van der Waals surface area contributed by atoms with Crippen molar-refractivity contribution < 1.29 is 9.90 Å². The number of aromatic amines is 1. The first-order valence-corrected chi connectivity index (χ1v) is 4.04. The molecule has 0 bridgehead atoms. The number of carboxylic acid groups (broad SMARTS) is 1. The van der Waals surface area contributed by atoms with Crippen LogP contribution in [0.3, 0.4) is 0 Å². The Morgan fingerprint density at radius 2 is 2.23 bits per heavy atom. The van der Waals surface area contributed by atoms with E-state index in [1.54, 1.807) is 0 Å². The van der Waals surface area contributed by atoms with Crippen LogP contribution in [-0.2, 0) is 12.8 Å². The second-order valence-electron chi connectivity index (χ2n) is 3.00. The van der Waals surface area contributed by atoms with Crippen LogP contribution in [0.5, 0.6) is 0 Å². The number of hydrogen-bond acceptors (Lipinski definition) is 3. The predicted octanol–water partition coefficient (Wildman–Crippen LogP) is -0.0432. The van der Waals surface area contributed by atoms with Crippen LogP contribution in [0.25, 0.3) is 0 Å². The summed E-state index contributed by atoms with van der Waals surface area (Å²) in [6, 6.07) is 0. The molecule has 1 aliphatic rings.